The molecule has 2 heterocycles. The largest absolute Gasteiger partial charge is 0.379 e. The third-order valence-electron chi connectivity index (χ3n) is 4.83. The zero-order chi connectivity index (χ0) is 19.6. The van der Waals surface area contributed by atoms with E-state index in [-0.39, 0.29) is 11.4 Å². The molecule has 1 amide bonds. The van der Waals surface area contributed by atoms with Gasteiger partial charge in [0.25, 0.3) is 5.91 Å². The normalized spacial score (nSPS) is 19.1. The number of nitrogens with two attached hydrogens (primary N) is 1. The minimum Gasteiger partial charge on any atom is -0.379 e. The fourth-order valence-corrected chi connectivity index (χ4v) is 5.12. The van der Waals surface area contributed by atoms with Gasteiger partial charge in [0.1, 0.15) is 0 Å². The Morgan fingerprint density at radius 3 is 2.71 bits per heavy atom. The number of anilines is 1. The number of benzene rings is 2. The van der Waals surface area contributed by atoms with E-state index in [1.807, 2.05) is 66.7 Å². The lowest BCUT2D eigenvalue weighted by Crippen LogP contribution is -2.28. The molecule has 6 heteroatoms. The molecule has 0 aliphatic carbocycles. The fourth-order valence-electron chi connectivity index (χ4n) is 3.24. The lowest BCUT2D eigenvalue weighted by Gasteiger charge is -2.30. The van der Waals surface area contributed by atoms with Crippen molar-refractivity contribution >= 4 is 39.9 Å². The van der Waals surface area contributed by atoms with Gasteiger partial charge in [-0.05, 0) is 48.7 Å². The van der Waals surface area contributed by atoms with E-state index < -0.39 is 0 Å². The van der Waals surface area contributed by atoms with E-state index in [9.17, 15) is 4.79 Å². The van der Waals surface area contributed by atoms with E-state index in [4.69, 9.17) is 5.73 Å². The molecular weight excluding hydrogens is 386 g/mol. The Balaban J connectivity index is 1.53. The second-order valence-corrected chi connectivity index (χ2v) is 9.09. The van der Waals surface area contributed by atoms with Crippen LogP contribution in [0.15, 0.2) is 71.7 Å². The zero-order valence-corrected chi connectivity index (χ0v) is 17.1. The Labute approximate surface area is 172 Å². The predicted octanol–water partition coefficient (Wildman–Crippen LogP) is 5.33. The van der Waals surface area contributed by atoms with Crippen molar-refractivity contribution < 1.29 is 4.79 Å². The Morgan fingerprint density at radius 1 is 1.11 bits per heavy atom. The van der Waals surface area contributed by atoms with Crippen molar-refractivity contribution in [1.82, 2.24) is 0 Å². The van der Waals surface area contributed by atoms with Crippen LogP contribution in [0.2, 0.25) is 0 Å². The molecule has 0 saturated carbocycles. The number of carbonyl (C=O) groups is 1. The SMILES string of the molecule is CC1(c2cccc(NC(=O)c3ccc(-c4ccccc4)s3)c2)CCSC(N)=N1. The van der Waals surface area contributed by atoms with Gasteiger partial charge in [-0.3, -0.25) is 9.79 Å². The van der Waals surface area contributed by atoms with E-state index in [1.54, 1.807) is 11.8 Å². The van der Waals surface area contributed by atoms with Crippen molar-refractivity contribution in [2.45, 2.75) is 18.9 Å². The van der Waals surface area contributed by atoms with Gasteiger partial charge in [0.05, 0.1) is 10.4 Å². The predicted molar refractivity (Wildman–Crippen MR) is 120 cm³/mol. The summed E-state index contributed by atoms with van der Waals surface area (Å²) in [6, 6.07) is 21.8. The van der Waals surface area contributed by atoms with Gasteiger partial charge in [0, 0.05) is 16.3 Å². The molecule has 1 unspecified atom stereocenters. The van der Waals surface area contributed by atoms with Crippen LogP contribution in [0, 0.1) is 0 Å². The van der Waals surface area contributed by atoms with Crippen molar-refractivity contribution in [3.8, 4) is 10.4 Å². The number of thiophene rings is 1. The molecule has 0 bridgehead atoms. The molecule has 28 heavy (non-hydrogen) atoms. The minimum absolute atomic E-state index is 0.100. The van der Waals surface area contributed by atoms with Crippen LogP contribution < -0.4 is 11.1 Å². The fraction of sp³-hybridized carbons (Fsp3) is 0.182. The number of rotatable bonds is 4. The molecule has 142 valence electrons. The van der Waals surface area contributed by atoms with E-state index in [0.717, 1.165) is 33.9 Å². The molecule has 3 aromatic rings. The second kappa shape index (κ2) is 7.81. The lowest BCUT2D eigenvalue weighted by atomic mass is 9.89. The lowest BCUT2D eigenvalue weighted by molar-refractivity contribution is 0.103. The third kappa shape index (κ3) is 3.98. The highest BCUT2D eigenvalue weighted by atomic mass is 32.2. The van der Waals surface area contributed by atoms with Crippen LogP contribution in [0.25, 0.3) is 10.4 Å². The van der Waals surface area contributed by atoms with Gasteiger partial charge in [-0.15, -0.1) is 11.3 Å². The Kier molecular flexibility index (Phi) is 5.24. The van der Waals surface area contributed by atoms with E-state index in [0.29, 0.717) is 10.0 Å². The number of nitrogens with zero attached hydrogens (tertiary/aromatic N) is 1. The van der Waals surface area contributed by atoms with Crippen molar-refractivity contribution in [2.24, 2.45) is 10.7 Å². The first-order valence-corrected chi connectivity index (χ1v) is 10.9. The highest BCUT2D eigenvalue weighted by Crippen LogP contribution is 2.36. The van der Waals surface area contributed by atoms with Crippen LogP contribution in [-0.2, 0) is 5.54 Å². The molecular formula is C22H21N3OS2. The van der Waals surface area contributed by atoms with Crippen LogP contribution in [0.4, 0.5) is 5.69 Å². The summed E-state index contributed by atoms with van der Waals surface area (Å²) in [5, 5.41) is 3.64. The smallest absolute Gasteiger partial charge is 0.265 e. The van der Waals surface area contributed by atoms with E-state index in [1.165, 1.54) is 11.3 Å². The number of amides is 1. The quantitative estimate of drug-likeness (QED) is 0.614. The first-order chi connectivity index (χ1) is 13.5. The molecule has 1 aromatic heterocycles. The standard InChI is InChI=1S/C22H21N3OS2/c1-22(12-13-27-21(23)25-22)16-8-5-9-17(14-16)24-20(26)19-11-10-18(28-19)15-6-3-2-4-7-15/h2-11,14H,12-13H2,1H3,(H2,23,25)(H,24,26). The number of nitrogens with one attached hydrogen (secondary N) is 1. The molecule has 2 aromatic carbocycles. The number of hydrogen-bond acceptors (Lipinski definition) is 5. The van der Waals surface area contributed by atoms with Gasteiger partial charge in [-0.1, -0.05) is 54.2 Å². The zero-order valence-electron chi connectivity index (χ0n) is 15.5. The van der Waals surface area contributed by atoms with Crippen LogP contribution in [0.5, 0.6) is 0 Å². The third-order valence-corrected chi connectivity index (χ3v) is 6.75. The van der Waals surface area contributed by atoms with Crippen LogP contribution >= 0.6 is 23.1 Å². The van der Waals surface area contributed by atoms with E-state index >= 15 is 0 Å². The summed E-state index contributed by atoms with van der Waals surface area (Å²) in [6.07, 6.45) is 0.918. The molecule has 1 aliphatic rings. The van der Waals surface area contributed by atoms with Gasteiger partial charge in [-0.25, -0.2) is 0 Å². The number of thioether (sulfide) groups is 1. The molecule has 0 saturated heterocycles. The summed E-state index contributed by atoms with van der Waals surface area (Å²) in [4.78, 5) is 19.1. The maximum Gasteiger partial charge on any atom is 0.265 e. The number of carbonyl (C=O) groups excluding carboxylic acids is 1. The van der Waals surface area contributed by atoms with Crippen LogP contribution in [0.3, 0.4) is 0 Å². The van der Waals surface area contributed by atoms with E-state index in [2.05, 4.69) is 17.2 Å². The second-order valence-electron chi connectivity index (χ2n) is 6.89. The van der Waals surface area contributed by atoms with Crippen molar-refractivity contribution in [1.29, 1.82) is 0 Å². The van der Waals surface area contributed by atoms with Crippen molar-refractivity contribution in [2.75, 3.05) is 11.1 Å². The summed E-state index contributed by atoms with van der Waals surface area (Å²) >= 11 is 3.08. The summed E-state index contributed by atoms with van der Waals surface area (Å²) < 4.78 is 0. The van der Waals surface area contributed by atoms with Gasteiger partial charge in [0.2, 0.25) is 0 Å². The monoisotopic (exact) mass is 407 g/mol. The number of hydrogen-bond donors (Lipinski definition) is 2. The molecule has 1 aliphatic heterocycles. The highest BCUT2D eigenvalue weighted by Gasteiger charge is 2.29. The summed E-state index contributed by atoms with van der Waals surface area (Å²) in [5.74, 6) is 0.844. The van der Waals surface area contributed by atoms with Crippen LogP contribution in [0.1, 0.15) is 28.6 Å². The molecule has 0 fully saturated rings. The maximum atomic E-state index is 12.7. The summed E-state index contributed by atoms with van der Waals surface area (Å²) in [5.41, 5.74) is 8.54. The Hall–Kier alpha value is -2.57. The Bertz CT molecular complexity index is 1030. The molecule has 4 rings (SSSR count). The summed E-state index contributed by atoms with van der Waals surface area (Å²) in [6.45, 7) is 2.09. The molecule has 3 N–H and O–H groups in total. The highest BCUT2D eigenvalue weighted by molar-refractivity contribution is 8.13. The van der Waals surface area contributed by atoms with Crippen molar-refractivity contribution in [3.63, 3.8) is 0 Å². The van der Waals surface area contributed by atoms with Crippen molar-refractivity contribution in [3.05, 3.63) is 77.2 Å². The average Bonchev–Trinajstić information content (AvgIpc) is 3.19. The average molecular weight is 408 g/mol. The number of amidine groups is 1. The van der Waals surface area contributed by atoms with Gasteiger partial charge >= 0.3 is 0 Å². The van der Waals surface area contributed by atoms with Gasteiger partial charge < -0.3 is 11.1 Å². The summed E-state index contributed by atoms with van der Waals surface area (Å²) in [7, 11) is 0. The molecule has 1 atom stereocenters. The minimum atomic E-state index is -0.348. The maximum absolute atomic E-state index is 12.7. The first-order valence-electron chi connectivity index (χ1n) is 9.09. The first kappa shape index (κ1) is 18.8. The molecule has 4 nitrogen and oxygen atoms in total. The molecule has 0 spiro atoms. The number of aliphatic imine (C=N–C) groups is 1. The van der Waals surface area contributed by atoms with Gasteiger partial charge in [-0.2, -0.15) is 0 Å². The van der Waals surface area contributed by atoms with Crippen LogP contribution in [-0.4, -0.2) is 16.8 Å². The van der Waals surface area contributed by atoms with Gasteiger partial charge in [0.15, 0.2) is 5.17 Å². The Morgan fingerprint density at radius 2 is 1.93 bits per heavy atom. The topological polar surface area (TPSA) is 67.5 Å². The molecule has 0 radical (unpaired) electrons.